The molecule has 0 bridgehead atoms. The second-order valence-electron chi connectivity index (χ2n) is 6.85. The first-order valence-corrected chi connectivity index (χ1v) is 9.44. The van der Waals surface area contributed by atoms with Crippen molar-refractivity contribution < 1.29 is 23.5 Å². The van der Waals surface area contributed by atoms with Gasteiger partial charge in [-0.2, -0.15) is 4.98 Å². The van der Waals surface area contributed by atoms with Gasteiger partial charge in [0.25, 0.3) is 5.91 Å². The Balaban J connectivity index is 1.67. The maximum absolute atomic E-state index is 12.7. The summed E-state index contributed by atoms with van der Waals surface area (Å²) >= 11 is 0. The molecular formula is C22H25N3O5. The smallest absolute Gasteiger partial charge is 0.263 e. The number of benzene rings is 2. The highest BCUT2D eigenvalue weighted by Gasteiger charge is 2.22. The fraction of sp³-hybridized carbons (Fsp3) is 0.318. The molecule has 158 valence electrons. The van der Waals surface area contributed by atoms with Gasteiger partial charge in [0, 0.05) is 13.1 Å². The fourth-order valence-electron chi connectivity index (χ4n) is 2.95. The molecule has 1 aromatic heterocycles. The monoisotopic (exact) mass is 411 g/mol. The standard InChI is InChI=1S/C22H25N3O5/c1-14-7-6-8-17(11-14)29-15(2)22(26)25(3)13-20-23-21(24-30-20)18-10-9-16(27-4)12-19(18)28-5/h6-12,15H,13H2,1-5H3/t15-/m0/s1. The zero-order chi connectivity index (χ0) is 21.7. The lowest BCUT2D eigenvalue weighted by Crippen LogP contribution is -2.37. The van der Waals surface area contributed by atoms with E-state index in [-0.39, 0.29) is 12.5 Å². The summed E-state index contributed by atoms with van der Waals surface area (Å²) in [5.74, 6) is 2.35. The summed E-state index contributed by atoms with van der Waals surface area (Å²) in [6.45, 7) is 3.84. The third kappa shape index (κ3) is 4.89. The Kier molecular flexibility index (Phi) is 6.56. The Hall–Kier alpha value is -3.55. The second kappa shape index (κ2) is 9.30. The Morgan fingerprint density at radius 2 is 1.93 bits per heavy atom. The lowest BCUT2D eigenvalue weighted by molar-refractivity contribution is -0.137. The van der Waals surface area contributed by atoms with E-state index in [1.807, 2.05) is 31.2 Å². The van der Waals surface area contributed by atoms with Crippen LogP contribution in [0.15, 0.2) is 47.0 Å². The molecule has 0 N–H and O–H groups in total. The molecule has 1 amide bonds. The minimum atomic E-state index is -0.652. The van der Waals surface area contributed by atoms with Crippen molar-refractivity contribution in [2.75, 3.05) is 21.3 Å². The van der Waals surface area contributed by atoms with Gasteiger partial charge < -0.3 is 23.6 Å². The summed E-state index contributed by atoms with van der Waals surface area (Å²) in [7, 11) is 4.80. The van der Waals surface area contributed by atoms with Crippen molar-refractivity contribution in [1.29, 1.82) is 0 Å². The summed E-state index contributed by atoms with van der Waals surface area (Å²) in [5.41, 5.74) is 1.73. The highest BCUT2D eigenvalue weighted by atomic mass is 16.5. The maximum Gasteiger partial charge on any atom is 0.263 e. The number of rotatable bonds is 8. The van der Waals surface area contributed by atoms with Crippen LogP contribution >= 0.6 is 0 Å². The first kappa shape index (κ1) is 21.2. The third-order valence-electron chi connectivity index (χ3n) is 4.52. The molecule has 8 nitrogen and oxygen atoms in total. The molecule has 0 aliphatic heterocycles. The number of nitrogens with zero attached hydrogens (tertiary/aromatic N) is 3. The quantitative estimate of drug-likeness (QED) is 0.561. The Morgan fingerprint density at radius 3 is 2.63 bits per heavy atom. The number of carbonyl (C=O) groups excluding carboxylic acids is 1. The molecular weight excluding hydrogens is 386 g/mol. The van der Waals surface area contributed by atoms with Gasteiger partial charge in [-0.1, -0.05) is 17.3 Å². The van der Waals surface area contributed by atoms with Crippen molar-refractivity contribution in [2.24, 2.45) is 0 Å². The molecule has 0 saturated carbocycles. The first-order valence-electron chi connectivity index (χ1n) is 9.44. The van der Waals surface area contributed by atoms with E-state index < -0.39 is 6.10 Å². The maximum atomic E-state index is 12.7. The molecule has 0 fully saturated rings. The molecule has 1 atom stereocenters. The van der Waals surface area contributed by atoms with Crippen LogP contribution in [0.1, 0.15) is 18.4 Å². The zero-order valence-electron chi connectivity index (χ0n) is 17.7. The molecule has 0 spiro atoms. The van der Waals surface area contributed by atoms with Gasteiger partial charge in [0.05, 0.1) is 26.3 Å². The molecule has 0 unspecified atom stereocenters. The second-order valence-corrected chi connectivity index (χ2v) is 6.85. The molecule has 3 rings (SSSR count). The number of hydrogen-bond donors (Lipinski definition) is 0. The number of hydrogen-bond acceptors (Lipinski definition) is 7. The van der Waals surface area contributed by atoms with Gasteiger partial charge in [0.2, 0.25) is 11.7 Å². The topological polar surface area (TPSA) is 86.9 Å². The van der Waals surface area contributed by atoms with E-state index in [2.05, 4.69) is 10.1 Å². The number of likely N-dealkylation sites (N-methyl/N-ethyl adjacent to an activating group) is 1. The van der Waals surface area contributed by atoms with E-state index in [1.54, 1.807) is 46.4 Å². The van der Waals surface area contributed by atoms with Crippen molar-refractivity contribution in [3.63, 3.8) is 0 Å². The summed E-state index contributed by atoms with van der Waals surface area (Å²) in [6.07, 6.45) is -0.652. The van der Waals surface area contributed by atoms with Crippen LogP contribution in [0.4, 0.5) is 0 Å². The summed E-state index contributed by atoms with van der Waals surface area (Å²) in [6, 6.07) is 12.9. The number of aryl methyl sites for hydroxylation is 1. The van der Waals surface area contributed by atoms with Crippen LogP contribution < -0.4 is 14.2 Å². The molecule has 8 heteroatoms. The number of amides is 1. The van der Waals surface area contributed by atoms with Crippen molar-refractivity contribution in [2.45, 2.75) is 26.5 Å². The van der Waals surface area contributed by atoms with Gasteiger partial charge in [0.1, 0.15) is 17.2 Å². The fourth-order valence-corrected chi connectivity index (χ4v) is 2.95. The Morgan fingerprint density at radius 1 is 1.13 bits per heavy atom. The van der Waals surface area contributed by atoms with Gasteiger partial charge in [-0.05, 0) is 43.7 Å². The van der Waals surface area contributed by atoms with E-state index in [4.69, 9.17) is 18.7 Å². The van der Waals surface area contributed by atoms with Crippen LogP contribution in [0.2, 0.25) is 0 Å². The van der Waals surface area contributed by atoms with Gasteiger partial charge in [-0.25, -0.2) is 0 Å². The van der Waals surface area contributed by atoms with Crippen LogP contribution in [0.3, 0.4) is 0 Å². The Labute approximate surface area is 175 Å². The average Bonchev–Trinajstić information content (AvgIpc) is 3.20. The lowest BCUT2D eigenvalue weighted by Gasteiger charge is -2.20. The molecule has 1 heterocycles. The summed E-state index contributed by atoms with van der Waals surface area (Å²) < 4.78 is 21.7. The first-order chi connectivity index (χ1) is 14.4. The van der Waals surface area contributed by atoms with Crippen LogP contribution in [0.25, 0.3) is 11.4 Å². The number of aromatic nitrogens is 2. The molecule has 0 aliphatic rings. The predicted molar refractivity (Wildman–Crippen MR) is 111 cm³/mol. The van der Waals surface area contributed by atoms with Crippen LogP contribution in [-0.4, -0.2) is 48.3 Å². The van der Waals surface area contributed by atoms with Gasteiger partial charge >= 0.3 is 0 Å². The van der Waals surface area contributed by atoms with E-state index >= 15 is 0 Å². The van der Waals surface area contributed by atoms with E-state index in [0.717, 1.165) is 5.56 Å². The van der Waals surface area contributed by atoms with Crippen molar-refractivity contribution in [1.82, 2.24) is 15.0 Å². The molecule has 0 aliphatic carbocycles. The predicted octanol–water partition coefficient (Wildman–Crippen LogP) is 3.49. The molecule has 3 aromatic rings. The number of ether oxygens (including phenoxy) is 3. The van der Waals surface area contributed by atoms with E-state index in [0.29, 0.717) is 34.5 Å². The van der Waals surface area contributed by atoms with Crippen LogP contribution in [-0.2, 0) is 11.3 Å². The number of carbonyl (C=O) groups is 1. The average molecular weight is 411 g/mol. The lowest BCUT2D eigenvalue weighted by atomic mass is 10.2. The summed E-state index contributed by atoms with van der Waals surface area (Å²) in [4.78, 5) is 18.5. The zero-order valence-corrected chi connectivity index (χ0v) is 17.7. The highest BCUT2D eigenvalue weighted by molar-refractivity contribution is 5.80. The summed E-state index contributed by atoms with van der Waals surface area (Å²) in [5, 5.41) is 4.01. The number of methoxy groups -OCH3 is 2. The highest BCUT2D eigenvalue weighted by Crippen LogP contribution is 2.31. The Bertz CT molecular complexity index is 1020. The van der Waals surface area contributed by atoms with Crippen molar-refractivity contribution in [3.05, 3.63) is 53.9 Å². The normalized spacial score (nSPS) is 11.6. The van der Waals surface area contributed by atoms with Crippen molar-refractivity contribution >= 4 is 5.91 Å². The minimum absolute atomic E-state index is 0.159. The molecule has 2 aromatic carbocycles. The largest absolute Gasteiger partial charge is 0.497 e. The van der Waals surface area contributed by atoms with Crippen LogP contribution in [0.5, 0.6) is 17.2 Å². The SMILES string of the molecule is COc1ccc(-c2noc(CN(C)C(=O)[C@H](C)Oc3cccc(C)c3)n2)c(OC)c1. The molecule has 0 saturated heterocycles. The van der Waals surface area contributed by atoms with Gasteiger partial charge in [-0.3, -0.25) is 4.79 Å². The van der Waals surface area contributed by atoms with Gasteiger partial charge in [-0.15, -0.1) is 0 Å². The van der Waals surface area contributed by atoms with Crippen molar-refractivity contribution in [3.8, 4) is 28.6 Å². The minimum Gasteiger partial charge on any atom is -0.497 e. The van der Waals surface area contributed by atoms with Crippen LogP contribution in [0, 0.1) is 6.92 Å². The van der Waals surface area contributed by atoms with E-state index in [9.17, 15) is 4.79 Å². The third-order valence-corrected chi connectivity index (χ3v) is 4.52. The van der Waals surface area contributed by atoms with Gasteiger partial charge in [0.15, 0.2) is 6.10 Å². The molecule has 0 radical (unpaired) electrons. The van der Waals surface area contributed by atoms with E-state index in [1.165, 1.54) is 4.90 Å². The molecule has 30 heavy (non-hydrogen) atoms.